The van der Waals surface area contributed by atoms with Crippen LogP contribution in [0.25, 0.3) is 6.08 Å². The zero-order valence-electron chi connectivity index (χ0n) is 12.4. The molecule has 1 aromatic rings. The van der Waals surface area contributed by atoms with Crippen LogP contribution < -0.4 is 0 Å². The van der Waals surface area contributed by atoms with Gasteiger partial charge in [-0.05, 0) is 37.6 Å². The fourth-order valence-electron chi connectivity index (χ4n) is 2.35. The molecule has 114 valence electrons. The number of rotatable bonds is 3. The normalized spacial score (nSPS) is 16.9. The number of carbonyl (C=O) groups is 1. The number of carbonyl (C=O) groups excluding carboxylic acids is 1. The van der Waals surface area contributed by atoms with E-state index in [1.165, 1.54) is 0 Å². The van der Waals surface area contributed by atoms with Crippen molar-refractivity contribution in [2.45, 2.75) is 19.9 Å². The Kier molecular flexibility index (Phi) is 5.68. The number of piperazine rings is 1. The van der Waals surface area contributed by atoms with Crippen LogP contribution in [0.4, 0.5) is 0 Å². The Labute approximate surface area is 136 Å². The van der Waals surface area contributed by atoms with Gasteiger partial charge in [0.1, 0.15) is 0 Å². The Balaban J connectivity index is 1.92. The third-order valence-electron chi connectivity index (χ3n) is 3.72. The number of hydrogen-bond donors (Lipinski definition) is 0. The summed E-state index contributed by atoms with van der Waals surface area (Å²) >= 11 is 11.8. The first-order chi connectivity index (χ1) is 9.97. The molecule has 2 rings (SSSR count). The van der Waals surface area contributed by atoms with Crippen molar-refractivity contribution in [3.05, 3.63) is 39.9 Å². The molecule has 3 nitrogen and oxygen atoms in total. The molecular formula is C16H20Cl2N2O. The summed E-state index contributed by atoms with van der Waals surface area (Å²) in [5.74, 6) is 0.0458. The summed E-state index contributed by atoms with van der Waals surface area (Å²) < 4.78 is 0. The van der Waals surface area contributed by atoms with Crippen LogP contribution in [0.2, 0.25) is 10.0 Å². The van der Waals surface area contributed by atoms with Crippen molar-refractivity contribution in [2.24, 2.45) is 0 Å². The molecule has 1 aliphatic heterocycles. The largest absolute Gasteiger partial charge is 0.337 e. The molecule has 0 bridgehead atoms. The highest BCUT2D eigenvalue weighted by Crippen LogP contribution is 2.23. The van der Waals surface area contributed by atoms with Crippen molar-refractivity contribution in [2.75, 3.05) is 26.2 Å². The van der Waals surface area contributed by atoms with E-state index >= 15 is 0 Å². The van der Waals surface area contributed by atoms with Gasteiger partial charge in [-0.3, -0.25) is 9.69 Å². The molecule has 1 heterocycles. The van der Waals surface area contributed by atoms with Crippen molar-refractivity contribution in [3.8, 4) is 0 Å². The lowest BCUT2D eigenvalue weighted by Gasteiger charge is -2.36. The molecule has 0 spiro atoms. The van der Waals surface area contributed by atoms with Gasteiger partial charge >= 0.3 is 0 Å². The lowest BCUT2D eigenvalue weighted by molar-refractivity contribution is -0.127. The molecule has 1 aromatic carbocycles. The van der Waals surface area contributed by atoms with E-state index in [-0.39, 0.29) is 5.91 Å². The van der Waals surface area contributed by atoms with Crippen LogP contribution in [0.1, 0.15) is 19.4 Å². The summed E-state index contributed by atoms with van der Waals surface area (Å²) in [5, 5.41) is 1.02. The van der Waals surface area contributed by atoms with Gasteiger partial charge in [0.2, 0.25) is 5.91 Å². The Bertz CT molecular complexity index is 535. The van der Waals surface area contributed by atoms with E-state index in [1.807, 2.05) is 11.0 Å². The van der Waals surface area contributed by atoms with E-state index in [0.717, 1.165) is 31.7 Å². The highest BCUT2D eigenvalue weighted by Gasteiger charge is 2.20. The van der Waals surface area contributed by atoms with E-state index in [9.17, 15) is 4.79 Å². The molecule has 1 amide bonds. The van der Waals surface area contributed by atoms with E-state index in [0.29, 0.717) is 16.1 Å². The quantitative estimate of drug-likeness (QED) is 0.793. The summed E-state index contributed by atoms with van der Waals surface area (Å²) in [7, 11) is 0. The fraction of sp³-hybridized carbons (Fsp3) is 0.438. The van der Waals surface area contributed by atoms with Crippen molar-refractivity contribution in [1.82, 2.24) is 9.80 Å². The molecule has 0 saturated carbocycles. The van der Waals surface area contributed by atoms with Crippen molar-refractivity contribution < 1.29 is 4.79 Å². The van der Waals surface area contributed by atoms with Crippen LogP contribution in [0.5, 0.6) is 0 Å². The van der Waals surface area contributed by atoms with Gasteiger partial charge in [0.15, 0.2) is 0 Å². The minimum atomic E-state index is 0.0458. The van der Waals surface area contributed by atoms with Gasteiger partial charge in [0.25, 0.3) is 0 Å². The van der Waals surface area contributed by atoms with E-state index in [4.69, 9.17) is 23.2 Å². The smallest absolute Gasteiger partial charge is 0.246 e. The number of hydrogen-bond acceptors (Lipinski definition) is 2. The molecule has 0 aromatic heterocycles. The molecule has 1 saturated heterocycles. The maximum atomic E-state index is 12.2. The number of halogens is 2. The van der Waals surface area contributed by atoms with Crippen molar-refractivity contribution in [1.29, 1.82) is 0 Å². The van der Waals surface area contributed by atoms with Crippen molar-refractivity contribution in [3.63, 3.8) is 0 Å². The van der Waals surface area contributed by atoms with Crippen LogP contribution in [-0.2, 0) is 4.79 Å². The minimum absolute atomic E-state index is 0.0458. The topological polar surface area (TPSA) is 23.6 Å². The maximum absolute atomic E-state index is 12.2. The van der Waals surface area contributed by atoms with Crippen LogP contribution in [0.15, 0.2) is 24.3 Å². The number of nitrogens with zero attached hydrogens (tertiary/aromatic N) is 2. The zero-order valence-corrected chi connectivity index (χ0v) is 13.9. The third kappa shape index (κ3) is 4.47. The van der Waals surface area contributed by atoms with Crippen LogP contribution >= 0.6 is 23.2 Å². The van der Waals surface area contributed by atoms with Gasteiger partial charge in [0, 0.05) is 38.3 Å². The summed E-state index contributed by atoms with van der Waals surface area (Å²) in [6.07, 6.45) is 3.38. The highest BCUT2D eigenvalue weighted by atomic mass is 35.5. The summed E-state index contributed by atoms with van der Waals surface area (Å²) in [5.41, 5.74) is 0.874. The van der Waals surface area contributed by atoms with Gasteiger partial charge in [-0.1, -0.05) is 29.3 Å². The average Bonchev–Trinajstić information content (AvgIpc) is 2.48. The molecule has 0 aliphatic carbocycles. The molecular weight excluding hydrogens is 307 g/mol. The fourth-order valence-corrected chi connectivity index (χ4v) is 2.65. The van der Waals surface area contributed by atoms with Gasteiger partial charge in [-0.2, -0.15) is 0 Å². The minimum Gasteiger partial charge on any atom is -0.337 e. The SMILES string of the molecule is CC(C)N1CCN(C(=O)/C=C/c2ccc(Cl)c(Cl)c2)CC1. The van der Waals surface area contributed by atoms with E-state index in [1.54, 1.807) is 24.3 Å². The number of benzene rings is 1. The lowest BCUT2D eigenvalue weighted by Crippen LogP contribution is -2.50. The summed E-state index contributed by atoms with van der Waals surface area (Å²) in [6, 6.07) is 5.86. The van der Waals surface area contributed by atoms with Gasteiger partial charge < -0.3 is 4.90 Å². The highest BCUT2D eigenvalue weighted by molar-refractivity contribution is 6.42. The van der Waals surface area contributed by atoms with E-state index < -0.39 is 0 Å². The van der Waals surface area contributed by atoms with Gasteiger partial charge in [-0.15, -0.1) is 0 Å². The zero-order chi connectivity index (χ0) is 15.4. The maximum Gasteiger partial charge on any atom is 0.246 e. The summed E-state index contributed by atoms with van der Waals surface area (Å²) in [6.45, 7) is 7.79. The van der Waals surface area contributed by atoms with Crippen LogP contribution in [0, 0.1) is 0 Å². The molecule has 0 atom stereocenters. The van der Waals surface area contributed by atoms with Crippen LogP contribution in [0.3, 0.4) is 0 Å². The standard InChI is InChI=1S/C16H20Cl2N2O/c1-12(2)19-7-9-20(10-8-19)16(21)6-4-13-3-5-14(17)15(18)11-13/h3-6,11-12H,7-10H2,1-2H3/b6-4+. The Morgan fingerprint density at radius 1 is 1.14 bits per heavy atom. The molecule has 21 heavy (non-hydrogen) atoms. The number of amides is 1. The predicted octanol–water partition coefficient (Wildman–Crippen LogP) is 3.56. The van der Waals surface area contributed by atoms with E-state index in [2.05, 4.69) is 18.7 Å². The first-order valence-electron chi connectivity index (χ1n) is 7.13. The Hall–Kier alpha value is -1.03. The molecule has 1 fully saturated rings. The second-order valence-electron chi connectivity index (χ2n) is 5.46. The summed E-state index contributed by atoms with van der Waals surface area (Å²) in [4.78, 5) is 16.4. The second kappa shape index (κ2) is 7.30. The van der Waals surface area contributed by atoms with Gasteiger partial charge in [0.05, 0.1) is 10.0 Å². The first-order valence-corrected chi connectivity index (χ1v) is 7.89. The third-order valence-corrected chi connectivity index (χ3v) is 4.46. The molecule has 5 heteroatoms. The molecule has 0 unspecified atom stereocenters. The molecule has 1 aliphatic rings. The Morgan fingerprint density at radius 3 is 2.38 bits per heavy atom. The average molecular weight is 327 g/mol. The first kappa shape index (κ1) is 16.3. The van der Waals surface area contributed by atoms with Crippen molar-refractivity contribution >= 4 is 35.2 Å². The lowest BCUT2D eigenvalue weighted by atomic mass is 10.2. The van der Waals surface area contributed by atoms with Gasteiger partial charge in [-0.25, -0.2) is 0 Å². The molecule has 0 radical (unpaired) electrons. The monoisotopic (exact) mass is 326 g/mol. The Morgan fingerprint density at radius 2 is 1.81 bits per heavy atom. The second-order valence-corrected chi connectivity index (χ2v) is 6.28. The van der Waals surface area contributed by atoms with Crippen LogP contribution in [-0.4, -0.2) is 47.9 Å². The predicted molar refractivity (Wildman–Crippen MR) is 88.8 cm³/mol. The molecule has 0 N–H and O–H groups in total.